The fraction of sp³-hybridized carbons (Fsp3) is 0.400. The Kier molecular flexibility index (Phi) is 5.04. The molecule has 0 amide bonds. The van der Waals surface area contributed by atoms with Gasteiger partial charge < -0.3 is 9.84 Å². The van der Waals surface area contributed by atoms with Crippen molar-refractivity contribution in [3.8, 4) is 16.9 Å². The van der Waals surface area contributed by atoms with E-state index in [1.807, 2.05) is 13.0 Å². The summed E-state index contributed by atoms with van der Waals surface area (Å²) in [4.78, 5) is 0. The van der Waals surface area contributed by atoms with Crippen molar-refractivity contribution in [3.05, 3.63) is 52.6 Å². The quantitative estimate of drug-likeness (QED) is 0.759. The molecule has 0 unspecified atom stereocenters. The Morgan fingerprint density at radius 3 is 2.24 bits per heavy atom. The van der Waals surface area contributed by atoms with Crippen molar-refractivity contribution in [2.24, 2.45) is 0 Å². The maximum absolute atomic E-state index is 12.3. The highest BCUT2D eigenvalue weighted by Gasteiger charge is 2.31. The summed E-state index contributed by atoms with van der Waals surface area (Å²) in [5.41, 5.74) is 6.37. The molecule has 0 aromatic heterocycles. The van der Waals surface area contributed by atoms with Gasteiger partial charge in [-0.3, -0.25) is 0 Å². The number of hydrogen-bond acceptors (Lipinski definition) is 2. The Labute approximate surface area is 145 Å². The largest absolute Gasteiger partial charge is 0.573 e. The van der Waals surface area contributed by atoms with Crippen LogP contribution >= 0.6 is 0 Å². The van der Waals surface area contributed by atoms with E-state index >= 15 is 0 Å². The molecule has 1 N–H and O–H groups in total. The van der Waals surface area contributed by atoms with Crippen LogP contribution in [0, 0.1) is 6.92 Å². The summed E-state index contributed by atoms with van der Waals surface area (Å²) in [6.07, 6.45) is 0.521. The minimum absolute atomic E-state index is 0.0206. The van der Waals surface area contributed by atoms with Gasteiger partial charge in [-0.15, -0.1) is 13.2 Å². The number of aryl methyl sites for hydroxylation is 1. The number of aliphatic hydroxyl groups is 1. The van der Waals surface area contributed by atoms with Gasteiger partial charge in [-0.25, -0.2) is 0 Å². The van der Waals surface area contributed by atoms with Crippen LogP contribution in [0.4, 0.5) is 13.2 Å². The van der Waals surface area contributed by atoms with E-state index in [0.29, 0.717) is 0 Å². The van der Waals surface area contributed by atoms with Gasteiger partial charge >= 0.3 is 6.36 Å². The van der Waals surface area contributed by atoms with E-state index in [2.05, 4.69) is 4.74 Å². The first-order valence-corrected chi connectivity index (χ1v) is 8.50. The summed E-state index contributed by atoms with van der Waals surface area (Å²) in [5, 5.41) is 9.75. The number of alkyl halides is 3. The summed E-state index contributed by atoms with van der Waals surface area (Å²) >= 11 is 0. The molecule has 0 spiro atoms. The standard InChI is InChI=1S/C20H21F3O2/c1-13-11-18(14-7-9-15(10-8-14)25-20(21,22)23)16-5-3-2-4-6-17(16)19(13)12-24/h7-11,24H,2-6,12H2,1H3. The van der Waals surface area contributed by atoms with E-state index in [9.17, 15) is 18.3 Å². The Morgan fingerprint density at radius 1 is 1.00 bits per heavy atom. The molecule has 134 valence electrons. The summed E-state index contributed by atoms with van der Waals surface area (Å²) in [6, 6.07) is 8.07. The van der Waals surface area contributed by atoms with Gasteiger partial charge in [0.2, 0.25) is 0 Å². The van der Waals surface area contributed by atoms with Crippen molar-refractivity contribution in [2.45, 2.75) is 52.0 Å². The van der Waals surface area contributed by atoms with E-state index in [1.54, 1.807) is 12.1 Å². The lowest BCUT2D eigenvalue weighted by Crippen LogP contribution is -2.16. The first-order valence-electron chi connectivity index (χ1n) is 8.50. The zero-order valence-electron chi connectivity index (χ0n) is 14.1. The Morgan fingerprint density at radius 2 is 1.64 bits per heavy atom. The smallest absolute Gasteiger partial charge is 0.406 e. The van der Waals surface area contributed by atoms with Gasteiger partial charge in [-0.05, 0) is 78.1 Å². The average Bonchev–Trinajstić information content (AvgIpc) is 2.79. The molecule has 0 saturated carbocycles. The minimum Gasteiger partial charge on any atom is -0.406 e. The molecule has 0 atom stereocenters. The third-order valence-corrected chi connectivity index (χ3v) is 4.80. The lowest BCUT2D eigenvalue weighted by molar-refractivity contribution is -0.274. The van der Waals surface area contributed by atoms with Gasteiger partial charge in [-0.2, -0.15) is 0 Å². The SMILES string of the molecule is Cc1cc(-c2ccc(OC(F)(F)F)cc2)c2c(c1CO)CCCCC2. The molecule has 0 radical (unpaired) electrons. The van der Waals surface area contributed by atoms with E-state index < -0.39 is 6.36 Å². The maximum Gasteiger partial charge on any atom is 0.573 e. The van der Waals surface area contributed by atoms with Crippen molar-refractivity contribution >= 4 is 0 Å². The number of benzene rings is 2. The second-order valence-corrected chi connectivity index (χ2v) is 6.47. The highest BCUT2D eigenvalue weighted by molar-refractivity contribution is 5.72. The Bertz CT molecular complexity index is 749. The summed E-state index contributed by atoms with van der Waals surface area (Å²) < 4.78 is 40.9. The third-order valence-electron chi connectivity index (χ3n) is 4.80. The van der Waals surface area contributed by atoms with Crippen molar-refractivity contribution < 1.29 is 23.0 Å². The van der Waals surface area contributed by atoms with E-state index in [4.69, 9.17) is 0 Å². The van der Waals surface area contributed by atoms with E-state index in [-0.39, 0.29) is 12.4 Å². The molecule has 0 fully saturated rings. The highest BCUT2D eigenvalue weighted by Crippen LogP contribution is 2.36. The van der Waals surface area contributed by atoms with Gasteiger partial charge in [0.25, 0.3) is 0 Å². The molecule has 2 nitrogen and oxygen atoms in total. The zero-order chi connectivity index (χ0) is 18.0. The average molecular weight is 350 g/mol. The van der Waals surface area contributed by atoms with Gasteiger partial charge in [0.15, 0.2) is 0 Å². The number of aliphatic hydroxyl groups excluding tert-OH is 1. The van der Waals surface area contributed by atoms with E-state index in [0.717, 1.165) is 54.4 Å². The van der Waals surface area contributed by atoms with Crippen LogP contribution in [-0.2, 0) is 19.4 Å². The van der Waals surface area contributed by atoms with Gasteiger partial charge in [0.1, 0.15) is 5.75 Å². The number of hydrogen-bond donors (Lipinski definition) is 1. The second-order valence-electron chi connectivity index (χ2n) is 6.47. The molecule has 5 heteroatoms. The fourth-order valence-corrected chi connectivity index (χ4v) is 3.65. The number of ether oxygens (including phenoxy) is 1. The molecule has 25 heavy (non-hydrogen) atoms. The summed E-state index contributed by atoms with van der Waals surface area (Å²) in [6.45, 7) is 1.99. The normalized spacial score (nSPS) is 14.8. The molecule has 0 aliphatic heterocycles. The number of halogens is 3. The van der Waals surface area contributed by atoms with Gasteiger partial charge in [-0.1, -0.05) is 24.6 Å². The van der Waals surface area contributed by atoms with Crippen molar-refractivity contribution in [1.82, 2.24) is 0 Å². The minimum atomic E-state index is -4.68. The van der Waals surface area contributed by atoms with Crippen LogP contribution in [0.2, 0.25) is 0 Å². The van der Waals surface area contributed by atoms with Gasteiger partial charge in [0, 0.05) is 0 Å². The predicted molar refractivity (Wildman–Crippen MR) is 90.5 cm³/mol. The van der Waals surface area contributed by atoms with Crippen LogP contribution in [0.1, 0.15) is 41.5 Å². The monoisotopic (exact) mass is 350 g/mol. The van der Waals surface area contributed by atoms with Crippen LogP contribution in [0.25, 0.3) is 11.1 Å². The van der Waals surface area contributed by atoms with Crippen LogP contribution in [-0.4, -0.2) is 11.5 Å². The molecule has 0 heterocycles. The molecular formula is C20H21F3O2. The van der Waals surface area contributed by atoms with Crippen molar-refractivity contribution in [1.29, 1.82) is 0 Å². The third kappa shape index (κ3) is 3.98. The molecule has 1 aliphatic rings. The van der Waals surface area contributed by atoms with Gasteiger partial charge in [0.05, 0.1) is 6.61 Å². The topological polar surface area (TPSA) is 29.5 Å². The van der Waals surface area contributed by atoms with Crippen molar-refractivity contribution in [3.63, 3.8) is 0 Å². The first kappa shape index (κ1) is 17.8. The van der Waals surface area contributed by atoms with Crippen LogP contribution in [0.5, 0.6) is 5.75 Å². The predicted octanol–water partition coefficient (Wildman–Crippen LogP) is 5.32. The Hall–Kier alpha value is -2.01. The first-order chi connectivity index (χ1) is 11.9. The zero-order valence-corrected chi connectivity index (χ0v) is 14.1. The van der Waals surface area contributed by atoms with E-state index in [1.165, 1.54) is 23.3 Å². The molecule has 2 aromatic rings. The molecular weight excluding hydrogens is 329 g/mol. The molecule has 0 bridgehead atoms. The maximum atomic E-state index is 12.3. The highest BCUT2D eigenvalue weighted by atomic mass is 19.4. The summed E-state index contributed by atoms with van der Waals surface area (Å²) in [7, 11) is 0. The van der Waals surface area contributed by atoms with Crippen LogP contribution in [0.15, 0.2) is 30.3 Å². The fourth-order valence-electron chi connectivity index (χ4n) is 3.65. The lowest BCUT2D eigenvalue weighted by Gasteiger charge is -2.19. The number of rotatable bonds is 3. The molecule has 3 rings (SSSR count). The van der Waals surface area contributed by atoms with Crippen LogP contribution in [0.3, 0.4) is 0 Å². The molecule has 2 aromatic carbocycles. The summed E-state index contributed by atoms with van der Waals surface area (Å²) in [5.74, 6) is -0.217. The van der Waals surface area contributed by atoms with Crippen LogP contribution < -0.4 is 4.74 Å². The lowest BCUT2D eigenvalue weighted by atomic mass is 9.87. The molecule has 0 saturated heterocycles. The Balaban J connectivity index is 2.03. The number of fused-ring (bicyclic) bond motifs is 1. The van der Waals surface area contributed by atoms with Crippen molar-refractivity contribution in [2.75, 3.05) is 0 Å². The second kappa shape index (κ2) is 7.08. The molecule has 1 aliphatic carbocycles.